The molecule has 7 heteroatoms. The van der Waals surface area contributed by atoms with Crippen LogP contribution in [0.3, 0.4) is 0 Å². The Morgan fingerprint density at radius 2 is 1.72 bits per heavy atom. The molecule has 0 saturated heterocycles. The first-order chi connectivity index (χ1) is 7.92. The average molecular weight is 281 g/mol. The molecule has 0 bridgehead atoms. The van der Waals surface area contributed by atoms with Crippen molar-refractivity contribution in [2.45, 2.75) is 24.8 Å². The van der Waals surface area contributed by atoms with Crippen LogP contribution in [-0.4, -0.2) is 11.4 Å². The van der Waals surface area contributed by atoms with Gasteiger partial charge in [0.15, 0.2) is 11.6 Å². The number of carbonyl (C=O) groups excluding carboxylic acids is 1. The Labute approximate surface area is 108 Å². The third-order valence-electron chi connectivity index (χ3n) is 2.96. The summed E-state index contributed by atoms with van der Waals surface area (Å²) in [5.74, 6) is -4.12. The van der Waals surface area contributed by atoms with Crippen LogP contribution >= 0.6 is 12.4 Å². The molecule has 0 unspecified atom stereocenters. The first-order valence-corrected chi connectivity index (χ1v) is 5.17. The zero-order chi connectivity index (χ0) is 12.6. The Hall–Kier alpha value is -1.27. The van der Waals surface area contributed by atoms with E-state index >= 15 is 0 Å². The molecule has 0 atom stereocenters. The molecule has 1 fully saturated rings. The van der Waals surface area contributed by atoms with E-state index in [0.717, 1.165) is 6.42 Å². The lowest BCUT2D eigenvalue weighted by Gasteiger charge is -2.36. The van der Waals surface area contributed by atoms with Crippen molar-refractivity contribution in [2.75, 3.05) is 5.32 Å². The molecule has 1 amide bonds. The van der Waals surface area contributed by atoms with Gasteiger partial charge in [0.25, 0.3) is 0 Å². The summed E-state index contributed by atoms with van der Waals surface area (Å²) in [5.41, 5.74) is 4.30. The van der Waals surface area contributed by atoms with Crippen LogP contribution in [0.4, 0.5) is 18.9 Å². The van der Waals surface area contributed by atoms with E-state index in [1.165, 1.54) is 0 Å². The number of anilines is 1. The lowest BCUT2D eigenvalue weighted by atomic mass is 9.77. The topological polar surface area (TPSA) is 55.1 Å². The first-order valence-electron chi connectivity index (χ1n) is 5.17. The fourth-order valence-corrected chi connectivity index (χ4v) is 1.65. The monoisotopic (exact) mass is 280 g/mol. The minimum Gasteiger partial charge on any atom is -0.322 e. The highest BCUT2D eigenvalue weighted by Gasteiger charge is 2.40. The van der Waals surface area contributed by atoms with Crippen molar-refractivity contribution >= 4 is 24.0 Å². The van der Waals surface area contributed by atoms with Gasteiger partial charge in [0.05, 0.1) is 11.2 Å². The van der Waals surface area contributed by atoms with Gasteiger partial charge < -0.3 is 11.1 Å². The van der Waals surface area contributed by atoms with Crippen molar-refractivity contribution in [1.82, 2.24) is 0 Å². The molecule has 0 aromatic heterocycles. The molecule has 3 nitrogen and oxygen atoms in total. The summed E-state index contributed by atoms with van der Waals surface area (Å²) in [5, 5.41) is 2.18. The second kappa shape index (κ2) is 5.16. The smallest absolute Gasteiger partial charge is 0.244 e. The molecule has 18 heavy (non-hydrogen) atoms. The zero-order valence-corrected chi connectivity index (χ0v) is 10.1. The molecule has 1 saturated carbocycles. The normalized spacial score (nSPS) is 16.4. The third kappa shape index (κ3) is 2.59. The van der Waals surface area contributed by atoms with Crippen LogP contribution in [0.25, 0.3) is 0 Å². The van der Waals surface area contributed by atoms with Gasteiger partial charge >= 0.3 is 0 Å². The number of hydrogen-bond donors (Lipinski definition) is 2. The average Bonchev–Trinajstić information content (AvgIpc) is 2.22. The summed E-state index contributed by atoms with van der Waals surface area (Å²) in [4.78, 5) is 11.6. The summed E-state index contributed by atoms with van der Waals surface area (Å²) < 4.78 is 38.8. The summed E-state index contributed by atoms with van der Waals surface area (Å²) in [6.07, 6.45) is 1.83. The van der Waals surface area contributed by atoms with E-state index in [0.29, 0.717) is 25.0 Å². The van der Waals surface area contributed by atoms with E-state index in [9.17, 15) is 18.0 Å². The fourth-order valence-electron chi connectivity index (χ4n) is 1.65. The van der Waals surface area contributed by atoms with Crippen molar-refractivity contribution in [3.8, 4) is 0 Å². The van der Waals surface area contributed by atoms with Crippen molar-refractivity contribution < 1.29 is 18.0 Å². The van der Waals surface area contributed by atoms with Crippen LogP contribution in [-0.2, 0) is 4.79 Å². The molecule has 0 aliphatic heterocycles. The Morgan fingerprint density at radius 3 is 2.22 bits per heavy atom. The summed E-state index contributed by atoms with van der Waals surface area (Å²) in [6.45, 7) is 0. The van der Waals surface area contributed by atoms with Crippen molar-refractivity contribution in [2.24, 2.45) is 5.73 Å². The summed E-state index contributed by atoms with van der Waals surface area (Å²) in [6, 6.07) is 0.986. The molecular formula is C11H12ClF3N2O. The Balaban J connectivity index is 0.00000162. The molecular weight excluding hydrogens is 269 g/mol. The zero-order valence-electron chi connectivity index (χ0n) is 9.30. The van der Waals surface area contributed by atoms with Crippen LogP contribution < -0.4 is 11.1 Å². The second-order valence-electron chi connectivity index (χ2n) is 4.21. The first kappa shape index (κ1) is 14.8. The molecule has 2 rings (SSSR count). The fraction of sp³-hybridized carbons (Fsp3) is 0.364. The van der Waals surface area contributed by atoms with Crippen LogP contribution in [0.2, 0.25) is 0 Å². The maximum absolute atomic E-state index is 13.2. The predicted octanol–water partition coefficient (Wildman–Crippen LogP) is 2.35. The van der Waals surface area contributed by atoms with Crippen molar-refractivity contribution in [1.29, 1.82) is 0 Å². The number of halogens is 4. The van der Waals surface area contributed by atoms with Gasteiger partial charge in [-0.3, -0.25) is 4.79 Å². The van der Waals surface area contributed by atoms with Crippen LogP contribution in [0, 0.1) is 17.5 Å². The van der Waals surface area contributed by atoms with Gasteiger partial charge in [0.1, 0.15) is 5.82 Å². The summed E-state index contributed by atoms with van der Waals surface area (Å²) >= 11 is 0. The number of nitrogens with one attached hydrogen (secondary N) is 1. The number of hydrogen-bond acceptors (Lipinski definition) is 2. The van der Waals surface area contributed by atoms with Gasteiger partial charge in [-0.1, -0.05) is 0 Å². The standard InChI is InChI=1S/C11H11F3N2O.ClH/c12-6-4-8(14)9(5-7(6)13)16-10(17)11(15)2-1-3-11;/h4-5H,1-3,15H2,(H,16,17);1H. The Morgan fingerprint density at radius 1 is 1.17 bits per heavy atom. The minimum absolute atomic E-state index is 0. The quantitative estimate of drug-likeness (QED) is 0.817. The third-order valence-corrected chi connectivity index (χ3v) is 2.96. The number of amides is 1. The van der Waals surface area contributed by atoms with E-state index in [2.05, 4.69) is 5.32 Å². The van der Waals surface area contributed by atoms with Gasteiger partial charge in [-0.25, -0.2) is 13.2 Å². The van der Waals surface area contributed by atoms with Gasteiger partial charge in [-0.15, -0.1) is 12.4 Å². The van der Waals surface area contributed by atoms with E-state index in [-0.39, 0.29) is 12.4 Å². The molecule has 0 heterocycles. The lowest BCUT2D eigenvalue weighted by Crippen LogP contribution is -2.56. The maximum atomic E-state index is 13.2. The van der Waals surface area contributed by atoms with Crippen molar-refractivity contribution in [3.63, 3.8) is 0 Å². The molecule has 3 N–H and O–H groups in total. The highest BCUT2D eigenvalue weighted by atomic mass is 35.5. The SMILES string of the molecule is Cl.NC1(C(=O)Nc2cc(F)c(F)cc2F)CCC1. The highest BCUT2D eigenvalue weighted by molar-refractivity contribution is 5.98. The van der Waals surface area contributed by atoms with Gasteiger partial charge in [-0.2, -0.15) is 0 Å². The van der Waals surface area contributed by atoms with E-state index in [1.54, 1.807) is 0 Å². The lowest BCUT2D eigenvalue weighted by molar-refractivity contribution is -0.123. The largest absolute Gasteiger partial charge is 0.322 e. The van der Waals surface area contributed by atoms with Gasteiger partial charge in [-0.05, 0) is 19.3 Å². The number of rotatable bonds is 2. The van der Waals surface area contributed by atoms with Crippen LogP contribution in [0.1, 0.15) is 19.3 Å². The van der Waals surface area contributed by atoms with E-state index in [1.807, 2.05) is 0 Å². The molecule has 1 aromatic carbocycles. The number of nitrogens with two attached hydrogens (primary N) is 1. The van der Waals surface area contributed by atoms with Crippen LogP contribution in [0.15, 0.2) is 12.1 Å². The number of benzene rings is 1. The Bertz CT molecular complexity index is 478. The predicted molar refractivity (Wildman–Crippen MR) is 63.0 cm³/mol. The number of carbonyl (C=O) groups is 1. The maximum Gasteiger partial charge on any atom is 0.244 e. The van der Waals surface area contributed by atoms with E-state index in [4.69, 9.17) is 5.73 Å². The Kier molecular flexibility index (Phi) is 4.24. The van der Waals surface area contributed by atoms with E-state index < -0.39 is 34.6 Å². The molecule has 1 aromatic rings. The minimum atomic E-state index is -1.30. The molecule has 1 aliphatic rings. The second-order valence-corrected chi connectivity index (χ2v) is 4.21. The van der Waals surface area contributed by atoms with Gasteiger partial charge in [0.2, 0.25) is 5.91 Å². The molecule has 100 valence electrons. The molecule has 0 spiro atoms. The summed E-state index contributed by atoms with van der Waals surface area (Å²) in [7, 11) is 0. The molecule has 0 radical (unpaired) electrons. The van der Waals surface area contributed by atoms with Crippen LogP contribution in [0.5, 0.6) is 0 Å². The van der Waals surface area contributed by atoms with Crippen molar-refractivity contribution in [3.05, 3.63) is 29.6 Å². The van der Waals surface area contributed by atoms with Gasteiger partial charge in [0, 0.05) is 12.1 Å². The molecule has 1 aliphatic carbocycles. The highest BCUT2D eigenvalue weighted by Crippen LogP contribution is 2.30.